The summed E-state index contributed by atoms with van der Waals surface area (Å²) in [5.74, 6) is 0. The maximum absolute atomic E-state index is 10.2. The van der Waals surface area contributed by atoms with Crippen molar-refractivity contribution < 1.29 is 4.92 Å². The fraction of sp³-hybridized carbons (Fsp3) is 0. The summed E-state index contributed by atoms with van der Waals surface area (Å²) >= 11 is 1.63. The van der Waals surface area contributed by atoms with Crippen LogP contribution in [0.1, 0.15) is 5.56 Å². The Kier molecular flexibility index (Phi) is 2.28. The minimum atomic E-state index is -0.453. The highest BCUT2D eigenvalue weighted by Crippen LogP contribution is 2.24. The molecule has 0 radical (unpaired) electrons. The minimum Gasteiger partial charge on any atom is -0.259 e. The molecule has 0 aliphatic heterocycles. The SMILES string of the molecule is O=[N+]([O-])C=Cc1cccc2sccc12. The topological polar surface area (TPSA) is 43.1 Å². The molecule has 0 unspecified atom stereocenters. The van der Waals surface area contributed by atoms with Gasteiger partial charge >= 0.3 is 0 Å². The summed E-state index contributed by atoms with van der Waals surface area (Å²) < 4.78 is 1.15. The van der Waals surface area contributed by atoms with E-state index in [1.54, 1.807) is 11.3 Å². The van der Waals surface area contributed by atoms with Crippen LogP contribution in [0.4, 0.5) is 0 Å². The Balaban J connectivity index is 2.51. The molecule has 0 saturated heterocycles. The van der Waals surface area contributed by atoms with Crippen molar-refractivity contribution in [1.29, 1.82) is 0 Å². The molecule has 1 aromatic carbocycles. The first-order chi connectivity index (χ1) is 6.77. The lowest BCUT2D eigenvalue weighted by Crippen LogP contribution is -1.82. The van der Waals surface area contributed by atoms with Crippen molar-refractivity contribution in [3.8, 4) is 0 Å². The van der Waals surface area contributed by atoms with Crippen LogP contribution >= 0.6 is 11.3 Å². The molecule has 0 aliphatic carbocycles. The predicted octanol–water partition coefficient (Wildman–Crippen LogP) is 3.15. The molecule has 0 spiro atoms. The van der Waals surface area contributed by atoms with Gasteiger partial charge in [-0.25, -0.2) is 0 Å². The first-order valence-corrected chi connectivity index (χ1v) is 4.93. The zero-order valence-corrected chi connectivity index (χ0v) is 8.03. The van der Waals surface area contributed by atoms with Gasteiger partial charge in [-0.2, -0.15) is 0 Å². The summed E-state index contributed by atoms with van der Waals surface area (Å²) in [5, 5.41) is 13.2. The Bertz CT molecular complexity index is 502. The van der Waals surface area contributed by atoms with E-state index >= 15 is 0 Å². The van der Waals surface area contributed by atoms with E-state index in [2.05, 4.69) is 0 Å². The average Bonchev–Trinajstić information content (AvgIpc) is 2.62. The fourth-order valence-electron chi connectivity index (χ4n) is 1.30. The molecular formula is C10H7NO2S. The van der Waals surface area contributed by atoms with Gasteiger partial charge in [0.2, 0.25) is 6.20 Å². The van der Waals surface area contributed by atoms with E-state index in [1.807, 2.05) is 29.6 Å². The highest BCUT2D eigenvalue weighted by molar-refractivity contribution is 7.17. The Morgan fingerprint density at radius 3 is 3.00 bits per heavy atom. The smallest absolute Gasteiger partial charge is 0.235 e. The number of hydrogen-bond acceptors (Lipinski definition) is 3. The molecule has 70 valence electrons. The number of nitro groups is 1. The number of fused-ring (bicyclic) bond motifs is 1. The van der Waals surface area contributed by atoms with Crippen LogP contribution in [0.5, 0.6) is 0 Å². The average molecular weight is 205 g/mol. The Morgan fingerprint density at radius 2 is 2.21 bits per heavy atom. The number of nitrogens with zero attached hydrogens (tertiary/aromatic N) is 1. The van der Waals surface area contributed by atoms with E-state index in [4.69, 9.17) is 0 Å². The molecule has 1 heterocycles. The molecule has 0 fully saturated rings. The molecule has 0 amide bonds. The van der Waals surface area contributed by atoms with Crippen LogP contribution in [0.25, 0.3) is 16.2 Å². The fourth-order valence-corrected chi connectivity index (χ4v) is 2.12. The summed E-state index contributed by atoms with van der Waals surface area (Å²) in [6, 6.07) is 7.75. The largest absolute Gasteiger partial charge is 0.259 e. The van der Waals surface area contributed by atoms with Crippen molar-refractivity contribution in [2.24, 2.45) is 0 Å². The van der Waals surface area contributed by atoms with Crippen LogP contribution in [0.3, 0.4) is 0 Å². The van der Waals surface area contributed by atoms with Gasteiger partial charge in [0.25, 0.3) is 0 Å². The zero-order valence-electron chi connectivity index (χ0n) is 7.21. The van der Waals surface area contributed by atoms with Crippen molar-refractivity contribution in [2.45, 2.75) is 0 Å². The number of thiophene rings is 1. The van der Waals surface area contributed by atoms with E-state index in [0.29, 0.717) is 0 Å². The molecule has 2 rings (SSSR count). The molecule has 0 bridgehead atoms. The lowest BCUT2D eigenvalue weighted by molar-refractivity contribution is -0.400. The van der Waals surface area contributed by atoms with Gasteiger partial charge in [0.15, 0.2) is 0 Å². The first kappa shape index (κ1) is 8.90. The molecule has 4 heteroatoms. The molecule has 3 nitrogen and oxygen atoms in total. The minimum absolute atomic E-state index is 0.453. The summed E-state index contributed by atoms with van der Waals surface area (Å²) in [4.78, 5) is 9.72. The number of rotatable bonds is 2. The maximum Gasteiger partial charge on any atom is 0.235 e. The standard InChI is InChI=1S/C10H7NO2S/c12-11(13)6-4-8-2-1-3-10-9(8)5-7-14-10/h1-7H. The highest BCUT2D eigenvalue weighted by Gasteiger charge is 1.99. The quantitative estimate of drug-likeness (QED) is 0.558. The van der Waals surface area contributed by atoms with Gasteiger partial charge in [0.1, 0.15) is 0 Å². The maximum atomic E-state index is 10.2. The third kappa shape index (κ3) is 1.65. The van der Waals surface area contributed by atoms with Crippen LogP contribution in [0.15, 0.2) is 35.8 Å². The lowest BCUT2D eigenvalue weighted by Gasteiger charge is -1.93. The van der Waals surface area contributed by atoms with Gasteiger partial charge in [-0.1, -0.05) is 12.1 Å². The second-order valence-electron chi connectivity index (χ2n) is 2.78. The second kappa shape index (κ2) is 3.59. The van der Waals surface area contributed by atoms with Crippen LogP contribution < -0.4 is 0 Å². The lowest BCUT2D eigenvalue weighted by atomic mass is 10.1. The molecule has 2 aromatic rings. The summed E-state index contributed by atoms with van der Waals surface area (Å²) in [5.41, 5.74) is 0.889. The summed E-state index contributed by atoms with van der Waals surface area (Å²) in [6.07, 6.45) is 2.49. The molecule has 0 atom stereocenters. The van der Waals surface area contributed by atoms with Gasteiger partial charge in [0.05, 0.1) is 4.92 Å². The highest BCUT2D eigenvalue weighted by atomic mass is 32.1. The van der Waals surface area contributed by atoms with Gasteiger partial charge in [-0.15, -0.1) is 11.3 Å². The van der Waals surface area contributed by atoms with E-state index < -0.39 is 4.92 Å². The molecule has 1 aromatic heterocycles. The third-order valence-corrected chi connectivity index (χ3v) is 2.79. The van der Waals surface area contributed by atoms with E-state index in [-0.39, 0.29) is 0 Å². The molecule has 0 aliphatic rings. The second-order valence-corrected chi connectivity index (χ2v) is 3.73. The van der Waals surface area contributed by atoms with E-state index in [1.165, 1.54) is 6.08 Å². The van der Waals surface area contributed by atoms with Gasteiger partial charge in [-0.05, 0) is 28.5 Å². The zero-order chi connectivity index (χ0) is 9.97. The van der Waals surface area contributed by atoms with Gasteiger partial charge in [-0.3, -0.25) is 10.1 Å². The third-order valence-electron chi connectivity index (χ3n) is 1.91. The van der Waals surface area contributed by atoms with Crippen molar-refractivity contribution >= 4 is 27.5 Å². The Morgan fingerprint density at radius 1 is 1.36 bits per heavy atom. The summed E-state index contributed by atoms with van der Waals surface area (Å²) in [7, 11) is 0. The van der Waals surface area contributed by atoms with E-state index in [0.717, 1.165) is 21.8 Å². The number of benzene rings is 1. The molecule has 0 N–H and O–H groups in total. The van der Waals surface area contributed by atoms with Crippen molar-refractivity contribution in [1.82, 2.24) is 0 Å². The number of hydrogen-bond donors (Lipinski definition) is 0. The first-order valence-electron chi connectivity index (χ1n) is 4.05. The van der Waals surface area contributed by atoms with Crippen LogP contribution in [0.2, 0.25) is 0 Å². The van der Waals surface area contributed by atoms with Crippen LogP contribution in [-0.4, -0.2) is 4.92 Å². The molecular weight excluding hydrogens is 198 g/mol. The van der Waals surface area contributed by atoms with E-state index in [9.17, 15) is 10.1 Å². The predicted molar refractivity (Wildman–Crippen MR) is 57.9 cm³/mol. The monoisotopic (exact) mass is 205 g/mol. The Hall–Kier alpha value is -1.68. The molecule has 0 saturated carbocycles. The van der Waals surface area contributed by atoms with Crippen molar-refractivity contribution in [3.63, 3.8) is 0 Å². The summed E-state index contributed by atoms with van der Waals surface area (Å²) in [6.45, 7) is 0. The van der Waals surface area contributed by atoms with Crippen LogP contribution in [-0.2, 0) is 0 Å². The van der Waals surface area contributed by atoms with Crippen molar-refractivity contribution in [3.05, 3.63) is 51.5 Å². The molecule has 14 heavy (non-hydrogen) atoms. The van der Waals surface area contributed by atoms with Crippen LogP contribution in [0, 0.1) is 10.1 Å². The van der Waals surface area contributed by atoms with Gasteiger partial charge < -0.3 is 0 Å². The van der Waals surface area contributed by atoms with Gasteiger partial charge in [0, 0.05) is 10.8 Å². The Labute approximate surface area is 84.4 Å². The normalized spacial score (nSPS) is 11.1. The van der Waals surface area contributed by atoms with Crippen molar-refractivity contribution in [2.75, 3.05) is 0 Å².